The summed E-state index contributed by atoms with van der Waals surface area (Å²) in [6.07, 6.45) is 0. The smallest absolute Gasteiger partial charge is 0.255 e. The second-order valence-electron chi connectivity index (χ2n) is 6.56. The summed E-state index contributed by atoms with van der Waals surface area (Å²) in [6, 6.07) is 25.6. The van der Waals surface area contributed by atoms with Crippen LogP contribution < -0.4 is 10.1 Å². The molecule has 150 valence electrons. The van der Waals surface area contributed by atoms with Crippen molar-refractivity contribution in [3.63, 3.8) is 0 Å². The first-order valence-electron chi connectivity index (χ1n) is 9.72. The number of ether oxygens (including phenoxy) is 1. The van der Waals surface area contributed by atoms with E-state index in [2.05, 4.69) is 15.5 Å². The molecule has 1 unspecified atom stereocenters. The number of hydrogen-bond donors (Lipinski definition) is 1. The molecule has 0 radical (unpaired) electrons. The zero-order chi connectivity index (χ0) is 20.8. The van der Waals surface area contributed by atoms with Crippen molar-refractivity contribution in [2.45, 2.75) is 13.0 Å². The summed E-state index contributed by atoms with van der Waals surface area (Å²) in [7, 11) is 0. The zero-order valence-corrected chi connectivity index (χ0v) is 16.5. The molecule has 0 aliphatic rings. The number of carbonyl (C=O) groups is 1. The number of para-hydroxylation sites is 1. The van der Waals surface area contributed by atoms with E-state index in [1.165, 1.54) is 0 Å². The van der Waals surface area contributed by atoms with Crippen LogP contribution in [0, 0.1) is 0 Å². The summed E-state index contributed by atoms with van der Waals surface area (Å²) in [4.78, 5) is 13.1. The Morgan fingerprint density at radius 1 is 0.933 bits per heavy atom. The molecule has 0 saturated heterocycles. The van der Waals surface area contributed by atoms with Crippen molar-refractivity contribution >= 4 is 5.91 Å². The van der Waals surface area contributed by atoms with Gasteiger partial charge in [0.25, 0.3) is 5.91 Å². The summed E-state index contributed by atoms with van der Waals surface area (Å²) >= 11 is 0. The lowest BCUT2D eigenvalue weighted by molar-refractivity contribution is 0.0934. The molecule has 1 N–H and O–H groups in total. The van der Waals surface area contributed by atoms with E-state index < -0.39 is 6.04 Å². The Kier molecular flexibility index (Phi) is 5.85. The topological polar surface area (TPSA) is 77.2 Å². The van der Waals surface area contributed by atoms with Crippen LogP contribution in [-0.2, 0) is 0 Å². The number of carbonyl (C=O) groups excluding carboxylic acids is 1. The lowest BCUT2D eigenvalue weighted by Crippen LogP contribution is -2.30. The Morgan fingerprint density at radius 3 is 2.33 bits per heavy atom. The van der Waals surface area contributed by atoms with Crippen molar-refractivity contribution in [1.82, 2.24) is 15.5 Å². The third kappa shape index (κ3) is 4.22. The zero-order valence-electron chi connectivity index (χ0n) is 16.5. The highest BCUT2D eigenvalue weighted by atomic mass is 16.5. The maximum Gasteiger partial charge on any atom is 0.255 e. The van der Waals surface area contributed by atoms with Crippen LogP contribution in [0.15, 0.2) is 89.3 Å². The quantitative estimate of drug-likeness (QED) is 0.489. The Morgan fingerprint density at radius 2 is 1.60 bits per heavy atom. The maximum absolute atomic E-state index is 13.1. The first kappa shape index (κ1) is 19.4. The second-order valence-corrected chi connectivity index (χ2v) is 6.56. The lowest BCUT2D eigenvalue weighted by Gasteiger charge is -2.17. The summed E-state index contributed by atoms with van der Waals surface area (Å²) in [5, 5.41) is 11.4. The molecule has 1 aromatic heterocycles. The van der Waals surface area contributed by atoms with Crippen molar-refractivity contribution in [3.8, 4) is 17.2 Å². The molecule has 0 spiro atoms. The molecule has 1 heterocycles. The van der Waals surface area contributed by atoms with Gasteiger partial charge in [-0.05, 0) is 36.8 Å². The van der Waals surface area contributed by atoms with Gasteiger partial charge in [-0.25, -0.2) is 0 Å². The number of nitrogens with zero attached hydrogens (tertiary/aromatic N) is 2. The fraction of sp³-hybridized carbons (Fsp3) is 0.125. The molecule has 0 saturated carbocycles. The fourth-order valence-electron chi connectivity index (χ4n) is 3.13. The lowest BCUT2D eigenvalue weighted by atomic mass is 10.1. The number of amides is 1. The van der Waals surface area contributed by atoms with Gasteiger partial charge in [0.15, 0.2) is 0 Å². The second kappa shape index (κ2) is 9.05. The van der Waals surface area contributed by atoms with Gasteiger partial charge >= 0.3 is 0 Å². The third-order valence-electron chi connectivity index (χ3n) is 4.55. The van der Waals surface area contributed by atoms with Gasteiger partial charge in [-0.15, -0.1) is 10.2 Å². The van der Waals surface area contributed by atoms with E-state index in [0.29, 0.717) is 29.7 Å². The van der Waals surface area contributed by atoms with Gasteiger partial charge < -0.3 is 14.5 Å². The molecule has 4 rings (SSSR count). The van der Waals surface area contributed by atoms with Crippen LogP contribution in [0.4, 0.5) is 0 Å². The Balaban J connectivity index is 1.67. The largest absolute Gasteiger partial charge is 0.493 e. The first-order chi connectivity index (χ1) is 14.8. The van der Waals surface area contributed by atoms with Crippen LogP contribution in [0.3, 0.4) is 0 Å². The van der Waals surface area contributed by atoms with Crippen LogP contribution in [0.25, 0.3) is 11.5 Å². The minimum absolute atomic E-state index is 0.285. The average Bonchev–Trinajstić information content (AvgIpc) is 3.29. The van der Waals surface area contributed by atoms with E-state index in [-0.39, 0.29) is 5.91 Å². The molecule has 0 fully saturated rings. The van der Waals surface area contributed by atoms with Crippen LogP contribution in [0.2, 0.25) is 0 Å². The van der Waals surface area contributed by atoms with Gasteiger partial charge in [0.05, 0.1) is 12.2 Å². The number of hydrogen-bond acceptors (Lipinski definition) is 5. The normalized spacial score (nSPS) is 11.6. The average molecular weight is 399 g/mol. The Bertz CT molecular complexity index is 1110. The molecule has 0 aliphatic carbocycles. The molecule has 3 aromatic carbocycles. The first-order valence-corrected chi connectivity index (χ1v) is 9.72. The number of nitrogens with one attached hydrogen (secondary N) is 1. The third-order valence-corrected chi connectivity index (χ3v) is 4.55. The number of aromatic nitrogens is 2. The van der Waals surface area contributed by atoms with E-state index in [9.17, 15) is 4.79 Å². The highest BCUT2D eigenvalue weighted by molar-refractivity contribution is 5.97. The maximum atomic E-state index is 13.1. The number of benzene rings is 3. The van der Waals surface area contributed by atoms with E-state index in [1.807, 2.05) is 73.7 Å². The van der Waals surface area contributed by atoms with E-state index in [1.54, 1.807) is 18.2 Å². The fourth-order valence-corrected chi connectivity index (χ4v) is 3.13. The van der Waals surface area contributed by atoms with Gasteiger partial charge in [-0.2, -0.15) is 0 Å². The minimum Gasteiger partial charge on any atom is -0.493 e. The SMILES string of the molecule is CCOc1ccccc1C(=O)NC(c1ccccc1)c1nnc(-c2ccccc2)o1. The monoisotopic (exact) mass is 399 g/mol. The predicted octanol–water partition coefficient (Wildman–Crippen LogP) is 4.65. The highest BCUT2D eigenvalue weighted by Gasteiger charge is 2.25. The number of rotatable bonds is 7. The molecule has 1 amide bonds. The van der Waals surface area contributed by atoms with Crippen LogP contribution in [-0.4, -0.2) is 22.7 Å². The van der Waals surface area contributed by atoms with Crippen molar-refractivity contribution < 1.29 is 13.9 Å². The molecule has 6 nitrogen and oxygen atoms in total. The van der Waals surface area contributed by atoms with E-state index in [0.717, 1.165) is 11.1 Å². The van der Waals surface area contributed by atoms with Gasteiger partial charge in [0, 0.05) is 5.56 Å². The van der Waals surface area contributed by atoms with Crippen LogP contribution >= 0.6 is 0 Å². The van der Waals surface area contributed by atoms with Gasteiger partial charge in [-0.3, -0.25) is 4.79 Å². The molecular formula is C24H21N3O3. The van der Waals surface area contributed by atoms with Gasteiger partial charge in [0.2, 0.25) is 11.8 Å². The Labute approximate surface area is 174 Å². The van der Waals surface area contributed by atoms with Gasteiger partial charge in [0.1, 0.15) is 11.8 Å². The van der Waals surface area contributed by atoms with Gasteiger partial charge in [-0.1, -0.05) is 60.7 Å². The van der Waals surface area contributed by atoms with Crippen molar-refractivity contribution in [2.24, 2.45) is 0 Å². The summed E-state index contributed by atoms with van der Waals surface area (Å²) in [6.45, 7) is 2.35. The minimum atomic E-state index is -0.599. The van der Waals surface area contributed by atoms with Crippen LogP contribution in [0.1, 0.15) is 34.8 Å². The Hall–Kier alpha value is -3.93. The standard InChI is InChI=1S/C24H21N3O3/c1-2-29-20-16-10-9-15-19(20)22(28)25-21(17-11-5-3-6-12-17)24-27-26-23(30-24)18-13-7-4-8-14-18/h3-16,21H,2H2,1H3,(H,25,28). The molecule has 4 aromatic rings. The summed E-state index contributed by atoms with van der Waals surface area (Å²) < 4.78 is 11.5. The van der Waals surface area contributed by atoms with E-state index in [4.69, 9.17) is 9.15 Å². The molecular weight excluding hydrogens is 378 g/mol. The summed E-state index contributed by atoms with van der Waals surface area (Å²) in [5.74, 6) is 0.949. The predicted molar refractivity (Wildman–Crippen MR) is 113 cm³/mol. The molecule has 1 atom stereocenters. The molecule has 0 bridgehead atoms. The van der Waals surface area contributed by atoms with Crippen molar-refractivity contribution in [2.75, 3.05) is 6.61 Å². The van der Waals surface area contributed by atoms with Crippen molar-refractivity contribution in [3.05, 3.63) is 102 Å². The summed E-state index contributed by atoms with van der Waals surface area (Å²) in [5.41, 5.74) is 2.10. The van der Waals surface area contributed by atoms with Crippen LogP contribution in [0.5, 0.6) is 5.75 Å². The van der Waals surface area contributed by atoms with Crippen molar-refractivity contribution in [1.29, 1.82) is 0 Å². The van der Waals surface area contributed by atoms with E-state index >= 15 is 0 Å². The molecule has 6 heteroatoms. The highest BCUT2D eigenvalue weighted by Crippen LogP contribution is 2.26. The molecule has 0 aliphatic heterocycles. The molecule has 30 heavy (non-hydrogen) atoms.